The standard InChI is InChI=1S/C20H19FN2O4S/c1-13-12-17(14(2)23(13)19-7-5-4-6-18(19)21)20(24)27-16-10-8-15(9-11-16)22-28(3,25)26/h4-12,22H,1-3H3. The molecule has 0 aliphatic carbocycles. The number of hydrogen-bond acceptors (Lipinski definition) is 4. The van der Waals surface area contributed by atoms with Crippen LogP contribution in [-0.2, 0) is 10.0 Å². The van der Waals surface area contributed by atoms with Crippen LogP contribution in [0.5, 0.6) is 5.75 Å². The maximum atomic E-state index is 14.2. The molecule has 28 heavy (non-hydrogen) atoms. The molecule has 6 nitrogen and oxygen atoms in total. The summed E-state index contributed by atoms with van der Waals surface area (Å²) in [5.74, 6) is -0.711. The van der Waals surface area contributed by atoms with E-state index in [2.05, 4.69) is 4.72 Å². The zero-order valence-corrected chi connectivity index (χ0v) is 16.4. The van der Waals surface area contributed by atoms with Gasteiger partial charge in [-0.2, -0.15) is 0 Å². The average molecular weight is 402 g/mol. The zero-order valence-electron chi connectivity index (χ0n) is 15.6. The van der Waals surface area contributed by atoms with E-state index < -0.39 is 21.8 Å². The predicted molar refractivity (Wildman–Crippen MR) is 105 cm³/mol. The highest BCUT2D eigenvalue weighted by Crippen LogP contribution is 2.24. The fraction of sp³-hybridized carbons (Fsp3) is 0.150. The number of benzene rings is 2. The van der Waals surface area contributed by atoms with Crippen LogP contribution >= 0.6 is 0 Å². The molecule has 0 aliphatic rings. The maximum absolute atomic E-state index is 14.2. The van der Waals surface area contributed by atoms with E-state index in [1.54, 1.807) is 42.7 Å². The molecule has 1 heterocycles. The average Bonchev–Trinajstić information content (AvgIpc) is 2.91. The summed E-state index contributed by atoms with van der Waals surface area (Å²) in [4.78, 5) is 12.6. The second kappa shape index (κ2) is 7.47. The van der Waals surface area contributed by atoms with Crippen molar-refractivity contribution < 1.29 is 22.3 Å². The Hall–Kier alpha value is -3.13. The Morgan fingerprint density at radius 1 is 1.07 bits per heavy atom. The van der Waals surface area contributed by atoms with E-state index in [1.807, 2.05) is 0 Å². The number of ether oxygens (including phenoxy) is 1. The van der Waals surface area contributed by atoms with Gasteiger partial charge in [-0.25, -0.2) is 17.6 Å². The van der Waals surface area contributed by atoms with Gasteiger partial charge in [0, 0.05) is 17.1 Å². The van der Waals surface area contributed by atoms with Crippen LogP contribution in [0.25, 0.3) is 5.69 Å². The molecule has 3 aromatic rings. The molecule has 0 spiro atoms. The summed E-state index contributed by atoms with van der Waals surface area (Å²) in [5.41, 5.74) is 2.29. The summed E-state index contributed by atoms with van der Waals surface area (Å²) in [6.45, 7) is 3.50. The third-order valence-electron chi connectivity index (χ3n) is 4.11. The number of esters is 1. The van der Waals surface area contributed by atoms with Gasteiger partial charge in [-0.1, -0.05) is 12.1 Å². The molecule has 0 unspecified atom stereocenters. The molecule has 0 aliphatic heterocycles. The summed E-state index contributed by atoms with van der Waals surface area (Å²) >= 11 is 0. The fourth-order valence-corrected chi connectivity index (χ4v) is 3.50. The number of rotatable bonds is 5. The van der Waals surface area contributed by atoms with Crippen molar-refractivity contribution in [1.29, 1.82) is 0 Å². The van der Waals surface area contributed by atoms with E-state index in [0.717, 1.165) is 6.26 Å². The first kappa shape index (κ1) is 19.6. The Balaban J connectivity index is 1.84. The third-order valence-corrected chi connectivity index (χ3v) is 4.72. The minimum atomic E-state index is -3.38. The van der Waals surface area contributed by atoms with Gasteiger partial charge in [-0.3, -0.25) is 4.72 Å². The van der Waals surface area contributed by atoms with E-state index in [-0.39, 0.29) is 5.75 Å². The van der Waals surface area contributed by atoms with E-state index in [4.69, 9.17) is 4.74 Å². The van der Waals surface area contributed by atoms with Crippen molar-refractivity contribution in [2.75, 3.05) is 11.0 Å². The number of nitrogens with zero attached hydrogens (tertiary/aromatic N) is 1. The van der Waals surface area contributed by atoms with E-state index in [0.29, 0.717) is 28.3 Å². The van der Waals surface area contributed by atoms with Crippen LogP contribution in [0.4, 0.5) is 10.1 Å². The number of hydrogen-bond donors (Lipinski definition) is 1. The molecule has 3 rings (SSSR count). The van der Waals surface area contributed by atoms with Gasteiger partial charge in [0.15, 0.2) is 0 Å². The number of carbonyl (C=O) groups is 1. The quantitative estimate of drug-likeness (QED) is 0.520. The first-order valence-corrected chi connectivity index (χ1v) is 10.3. The van der Waals surface area contributed by atoms with Crippen LogP contribution in [0.2, 0.25) is 0 Å². The zero-order chi connectivity index (χ0) is 20.5. The van der Waals surface area contributed by atoms with Crippen molar-refractivity contribution in [2.45, 2.75) is 13.8 Å². The summed E-state index contributed by atoms with van der Waals surface area (Å²) in [7, 11) is -3.38. The molecular weight excluding hydrogens is 383 g/mol. The molecule has 0 saturated heterocycles. The predicted octanol–water partition coefficient (Wildman–Crippen LogP) is 3.82. The number of carbonyl (C=O) groups excluding carboxylic acids is 1. The Morgan fingerprint density at radius 2 is 1.71 bits per heavy atom. The van der Waals surface area contributed by atoms with E-state index >= 15 is 0 Å². The van der Waals surface area contributed by atoms with Crippen LogP contribution in [-0.4, -0.2) is 25.2 Å². The van der Waals surface area contributed by atoms with Gasteiger partial charge in [-0.05, 0) is 56.3 Å². The molecule has 0 bridgehead atoms. The third kappa shape index (κ3) is 4.23. The summed E-state index contributed by atoms with van der Waals surface area (Å²) in [5, 5.41) is 0. The second-order valence-electron chi connectivity index (χ2n) is 6.36. The number of nitrogens with one attached hydrogen (secondary N) is 1. The fourth-order valence-electron chi connectivity index (χ4n) is 2.94. The summed E-state index contributed by atoms with van der Waals surface area (Å²) in [6.07, 6.45) is 1.05. The molecule has 1 aromatic heterocycles. The molecule has 1 N–H and O–H groups in total. The first-order valence-electron chi connectivity index (χ1n) is 8.39. The number of halogens is 1. The van der Waals surface area contributed by atoms with Crippen molar-refractivity contribution >= 4 is 21.7 Å². The molecular formula is C20H19FN2O4S. The van der Waals surface area contributed by atoms with Gasteiger partial charge in [0.05, 0.1) is 17.5 Å². The minimum absolute atomic E-state index is 0.264. The Kier molecular flexibility index (Phi) is 5.24. The van der Waals surface area contributed by atoms with Crippen molar-refractivity contribution in [3.63, 3.8) is 0 Å². The van der Waals surface area contributed by atoms with Crippen molar-refractivity contribution in [3.05, 3.63) is 77.4 Å². The number of anilines is 1. The van der Waals surface area contributed by atoms with E-state index in [1.165, 1.54) is 30.3 Å². The number of aryl methyl sites for hydroxylation is 1. The lowest BCUT2D eigenvalue weighted by Gasteiger charge is -2.11. The number of para-hydroxylation sites is 1. The lowest BCUT2D eigenvalue weighted by molar-refractivity contribution is 0.0734. The van der Waals surface area contributed by atoms with Crippen LogP contribution in [0.15, 0.2) is 54.6 Å². The SMILES string of the molecule is Cc1cc(C(=O)Oc2ccc(NS(C)(=O)=O)cc2)c(C)n1-c1ccccc1F. The van der Waals surface area contributed by atoms with Crippen LogP contribution < -0.4 is 9.46 Å². The molecule has 146 valence electrons. The highest BCUT2D eigenvalue weighted by molar-refractivity contribution is 7.92. The van der Waals surface area contributed by atoms with E-state index in [9.17, 15) is 17.6 Å². The summed E-state index contributed by atoms with van der Waals surface area (Å²) < 4.78 is 46.0. The highest BCUT2D eigenvalue weighted by Gasteiger charge is 2.20. The largest absolute Gasteiger partial charge is 0.423 e. The van der Waals surface area contributed by atoms with Crippen molar-refractivity contribution in [1.82, 2.24) is 4.57 Å². The molecule has 8 heteroatoms. The topological polar surface area (TPSA) is 77.4 Å². The van der Waals surface area contributed by atoms with Gasteiger partial charge in [0.2, 0.25) is 10.0 Å². The van der Waals surface area contributed by atoms with Gasteiger partial charge >= 0.3 is 5.97 Å². The van der Waals surface area contributed by atoms with Gasteiger partial charge in [0.25, 0.3) is 0 Å². The van der Waals surface area contributed by atoms with Crippen LogP contribution in [0, 0.1) is 19.7 Å². The van der Waals surface area contributed by atoms with Gasteiger partial charge in [-0.15, -0.1) is 0 Å². The smallest absolute Gasteiger partial charge is 0.345 e. The molecule has 0 fully saturated rings. The second-order valence-corrected chi connectivity index (χ2v) is 8.11. The minimum Gasteiger partial charge on any atom is -0.423 e. The molecule has 2 aromatic carbocycles. The first-order chi connectivity index (χ1) is 13.2. The Bertz CT molecular complexity index is 1140. The molecule has 0 atom stereocenters. The van der Waals surface area contributed by atoms with Crippen LogP contribution in [0.1, 0.15) is 21.7 Å². The van der Waals surface area contributed by atoms with Gasteiger partial charge in [0.1, 0.15) is 11.6 Å². The lowest BCUT2D eigenvalue weighted by atomic mass is 10.2. The normalized spacial score (nSPS) is 11.3. The molecule has 0 radical (unpaired) electrons. The monoisotopic (exact) mass is 402 g/mol. The number of sulfonamides is 1. The van der Waals surface area contributed by atoms with Crippen molar-refractivity contribution in [2.24, 2.45) is 0 Å². The number of aromatic nitrogens is 1. The molecule has 0 saturated carbocycles. The molecule has 0 amide bonds. The lowest BCUT2D eigenvalue weighted by Crippen LogP contribution is -2.11. The Labute approximate surface area is 162 Å². The highest BCUT2D eigenvalue weighted by atomic mass is 32.2. The maximum Gasteiger partial charge on any atom is 0.345 e. The van der Waals surface area contributed by atoms with Crippen molar-refractivity contribution in [3.8, 4) is 11.4 Å². The van der Waals surface area contributed by atoms with Crippen LogP contribution in [0.3, 0.4) is 0 Å². The summed E-state index contributed by atoms with van der Waals surface area (Å²) in [6, 6.07) is 13.9. The van der Waals surface area contributed by atoms with Gasteiger partial charge < -0.3 is 9.30 Å². The Morgan fingerprint density at radius 3 is 2.32 bits per heavy atom.